The van der Waals surface area contributed by atoms with Crippen molar-refractivity contribution in [3.8, 4) is 0 Å². The highest BCUT2D eigenvalue weighted by Gasteiger charge is 2.14. The second kappa shape index (κ2) is 6.89. The molecule has 0 radical (unpaired) electrons. The van der Waals surface area contributed by atoms with Crippen LogP contribution in [0.5, 0.6) is 0 Å². The zero-order valence-electron chi connectivity index (χ0n) is 11.2. The fourth-order valence-corrected chi connectivity index (χ4v) is 3.03. The Hall–Kier alpha value is -1.35. The predicted molar refractivity (Wildman–Crippen MR) is 81.2 cm³/mol. The van der Waals surface area contributed by atoms with Gasteiger partial charge >= 0.3 is 5.69 Å². The Bertz CT molecular complexity index is 640. The summed E-state index contributed by atoms with van der Waals surface area (Å²) in [5.74, 6) is 0.727. The maximum Gasteiger partial charge on any atom is 0.343 e. The number of hydrogen-bond acceptors (Lipinski definition) is 6. The number of aromatic nitrogens is 5. The van der Waals surface area contributed by atoms with E-state index in [2.05, 4.69) is 41.4 Å². The lowest BCUT2D eigenvalue weighted by Gasteiger charge is -2.08. The van der Waals surface area contributed by atoms with Gasteiger partial charge in [-0.1, -0.05) is 6.92 Å². The molecule has 108 valence electrons. The van der Waals surface area contributed by atoms with Crippen molar-refractivity contribution >= 4 is 33.5 Å². The quantitative estimate of drug-likeness (QED) is 0.768. The van der Waals surface area contributed by atoms with Crippen LogP contribution >= 0.6 is 27.7 Å². The van der Waals surface area contributed by atoms with Crippen LogP contribution in [-0.4, -0.2) is 31.3 Å². The summed E-state index contributed by atoms with van der Waals surface area (Å²) in [6.07, 6.45) is 2.35. The van der Waals surface area contributed by atoms with Gasteiger partial charge in [0.25, 0.3) is 0 Å². The van der Waals surface area contributed by atoms with Gasteiger partial charge < -0.3 is 5.32 Å². The molecular formula is C11H15BrN6OS. The third-order valence-electron chi connectivity index (χ3n) is 2.46. The maximum absolute atomic E-state index is 11.6. The van der Waals surface area contributed by atoms with Crippen LogP contribution in [0.25, 0.3) is 0 Å². The number of nitrogens with one attached hydrogen (secondary N) is 2. The van der Waals surface area contributed by atoms with Gasteiger partial charge in [-0.3, -0.25) is 4.57 Å². The van der Waals surface area contributed by atoms with Crippen LogP contribution in [0.2, 0.25) is 0 Å². The molecule has 0 bridgehead atoms. The minimum Gasteiger partial charge on any atom is -0.369 e. The van der Waals surface area contributed by atoms with Crippen LogP contribution < -0.4 is 11.0 Å². The first-order valence-corrected chi connectivity index (χ1v) is 7.85. The fraction of sp³-hybridized carbons (Fsp3) is 0.455. The summed E-state index contributed by atoms with van der Waals surface area (Å²) in [5, 5.41) is 10.9. The van der Waals surface area contributed by atoms with Crippen LogP contribution in [0.3, 0.4) is 0 Å². The third kappa shape index (κ3) is 3.21. The Morgan fingerprint density at radius 2 is 2.25 bits per heavy atom. The number of H-pyrrole nitrogens is 1. The third-order valence-corrected chi connectivity index (χ3v) is 4.47. The first-order valence-electron chi connectivity index (χ1n) is 6.24. The van der Waals surface area contributed by atoms with Gasteiger partial charge in [0, 0.05) is 13.1 Å². The second-order valence-corrected chi connectivity index (χ2v) is 5.69. The molecular weight excluding hydrogens is 344 g/mol. The lowest BCUT2D eigenvalue weighted by atomic mass is 10.5. The number of nitrogens with zero attached hydrogens (tertiary/aromatic N) is 4. The largest absolute Gasteiger partial charge is 0.369 e. The average molecular weight is 359 g/mol. The van der Waals surface area contributed by atoms with Crippen LogP contribution in [0, 0.1) is 0 Å². The van der Waals surface area contributed by atoms with E-state index in [-0.39, 0.29) is 5.69 Å². The Labute approximate surface area is 128 Å². The van der Waals surface area contributed by atoms with Gasteiger partial charge in [0.15, 0.2) is 5.16 Å². The number of anilines is 1. The molecule has 2 aromatic rings. The Morgan fingerprint density at radius 3 is 2.95 bits per heavy atom. The first-order chi connectivity index (χ1) is 9.67. The van der Waals surface area contributed by atoms with E-state index >= 15 is 0 Å². The van der Waals surface area contributed by atoms with E-state index in [1.165, 1.54) is 18.1 Å². The molecule has 9 heteroatoms. The van der Waals surface area contributed by atoms with E-state index in [1.807, 2.05) is 13.8 Å². The van der Waals surface area contributed by atoms with E-state index in [0.717, 1.165) is 23.3 Å². The summed E-state index contributed by atoms with van der Waals surface area (Å²) < 4.78 is 2.37. The van der Waals surface area contributed by atoms with Crippen molar-refractivity contribution in [3.05, 3.63) is 21.3 Å². The van der Waals surface area contributed by atoms with E-state index in [1.54, 1.807) is 4.57 Å². The van der Waals surface area contributed by atoms with E-state index in [4.69, 9.17) is 0 Å². The summed E-state index contributed by atoms with van der Waals surface area (Å²) in [5.41, 5.74) is -0.202. The monoisotopic (exact) mass is 358 g/mol. The molecule has 0 saturated carbocycles. The van der Waals surface area contributed by atoms with Crippen LogP contribution in [-0.2, 0) is 6.54 Å². The molecule has 0 fully saturated rings. The van der Waals surface area contributed by atoms with Crippen molar-refractivity contribution in [3.63, 3.8) is 0 Å². The first kappa shape index (κ1) is 15.0. The van der Waals surface area contributed by atoms with Gasteiger partial charge in [-0.2, -0.15) is 0 Å². The lowest BCUT2D eigenvalue weighted by Crippen LogP contribution is -2.17. The molecule has 0 amide bonds. The molecule has 2 rings (SSSR count). The van der Waals surface area contributed by atoms with E-state index in [9.17, 15) is 4.79 Å². The zero-order chi connectivity index (χ0) is 14.5. The van der Waals surface area contributed by atoms with Gasteiger partial charge in [-0.15, -0.1) is 5.10 Å². The Morgan fingerprint density at radius 1 is 1.45 bits per heavy atom. The molecule has 20 heavy (non-hydrogen) atoms. The molecule has 0 aliphatic rings. The van der Waals surface area contributed by atoms with E-state index < -0.39 is 0 Å². The number of aromatic amines is 1. The fourth-order valence-electron chi connectivity index (χ4n) is 1.60. The smallest absolute Gasteiger partial charge is 0.343 e. The van der Waals surface area contributed by atoms with Crippen molar-refractivity contribution < 1.29 is 0 Å². The van der Waals surface area contributed by atoms with Crippen LogP contribution in [0.4, 0.5) is 5.82 Å². The molecule has 2 heterocycles. The normalized spacial score (nSPS) is 10.8. The summed E-state index contributed by atoms with van der Waals surface area (Å²) >= 11 is 4.80. The molecule has 2 N–H and O–H groups in total. The lowest BCUT2D eigenvalue weighted by molar-refractivity contribution is 0.603. The standard InChI is InChI=1S/C11H15BrN6OS/c1-3-5-18-10(19)16-17-11(18)20-9-7(12)8(13-4-2)14-6-15-9/h6H,3-5H2,1-2H3,(H,16,19)(H,13,14,15). The topological polar surface area (TPSA) is 88.5 Å². The van der Waals surface area contributed by atoms with Crippen molar-refractivity contribution in [2.45, 2.75) is 37.0 Å². The van der Waals surface area contributed by atoms with Gasteiger partial charge in [0.1, 0.15) is 17.2 Å². The van der Waals surface area contributed by atoms with Crippen molar-refractivity contribution in [2.75, 3.05) is 11.9 Å². The molecule has 0 saturated heterocycles. The molecule has 2 aromatic heterocycles. The summed E-state index contributed by atoms with van der Waals surface area (Å²) in [4.78, 5) is 20.0. The predicted octanol–water partition coefficient (Wildman–Crippen LogP) is 2.12. The molecule has 0 unspecified atom stereocenters. The minimum atomic E-state index is -0.202. The Kier molecular flexibility index (Phi) is 5.18. The molecule has 7 nitrogen and oxygen atoms in total. The Balaban J connectivity index is 2.30. The molecule has 0 atom stereocenters. The molecule has 0 aliphatic heterocycles. The second-order valence-electron chi connectivity index (χ2n) is 3.94. The van der Waals surface area contributed by atoms with Crippen molar-refractivity contribution in [1.82, 2.24) is 24.7 Å². The van der Waals surface area contributed by atoms with Gasteiger partial charge in [-0.05, 0) is 41.0 Å². The van der Waals surface area contributed by atoms with Gasteiger partial charge in [0.2, 0.25) is 0 Å². The molecule has 0 aromatic carbocycles. The maximum atomic E-state index is 11.6. The summed E-state index contributed by atoms with van der Waals surface area (Å²) in [7, 11) is 0. The number of rotatable bonds is 6. The van der Waals surface area contributed by atoms with E-state index in [0.29, 0.717) is 16.7 Å². The SMILES string of the molecule is CCCn1c(Sc2ncnc(NCC)c2Br)n[nH]c1=O. The highest BCUT2D eigenvalue weighted by molar-refractivity contribution is 9.10. The average Bonchev–Trinajstić information content (AvgIpc) is 2.77. The highest BCUT2D eigenvalue weighted by atomic mass is 79.9. The van der Waals surface area contributed by atoms with Gasteiger partial charge in [-0.25, -0.2) is 19.9 Å². The molecule has 0 spiro atoms. The van der Waals surface area contributed by atoms with Crippen LogP contribution in [0.1, 0.15) is 20.3 Å². The summed E-state index contributed by atoms with van der Waals surface area (Å²) in [6, 6.07) is 0. The molecule has 0 aliphatic carbocycles. The minimum absolute atomic E-state index is 0.202. The number of halogens is 1. The summed E-state index contributed by atoms with van der Waals surface area (Å²) in [6.45, 7) is 5.40. The zero-order valence-corrected chi connectivity index (χ0v) is 13.6. The van der Waals surface area contributed by atoms with Gasteiger partial charge in [0.05, 0.1) is 4.47 Å². The highest BCUT2D eigenvalue weighted by Crippen LogP contribution is 2.33. The van der Waals surface area contributed by atoms with Crippen molar-refractivity contribution in [1.29, 1.82) is 0 Å². The number of hydrogen-bond donors (Lipinski definition) is 2. The van der Waals surface area contributed by atoms with Crippen molar-refractivity contribution in [2.24, 2.45) is 0 Å². The van der Waals surface area contributed by atoms with Crippen LogP contribution in [0.15, 0.2) is 25.8 Å².